The van der Waals surface area contributed by atoms with Crippen LogP contribution in [0.4, 0.5) is 0 Å². The third kappa shape index (κ3) is 3.42. The van der Waals surface area contributed by atoms with Gasteiger partial charge in [0.1, 0.15) is 11.8 Å². The van der Waals surface area contributed by atoms with Crippen LogP contribution in [0.25, 0.3) is 0 Å². The lowest BCUT2D eigenvalue weighted by molar-refractivity contribution is -0.138. The van der Waals surface area contributed by atoms with E-state index < -0.39 is 12.0 Å². The number of benzene rings is 1. The van der Waals surface area contributed by atoms with Gasteiger partial charge in [-0.1, -0.05) is 12.1 Å². The summed E-state index contributed by atoms with van der Waals surface area (Å²) in [7, 11) is 1.65. The molecule has 6 heteroatoms. The second-order valence-corrected chi connectivity index (χ2v) is 7.71. The standard InChI is InChI=1S/C14H19NO3S2/c1-18-11-4-2-10(3-5-11)14(19-8-9-20-14)7-6-12(15)13(16)17/h2-5,12H,6-9,15H2,1H3,(H,16,17)/t12-/m0/s1. The van der Waals surface area contributed by atoms with Crippen molar-refractivity contribution in [2.45, 2.75) is 23.0 Å². The van der Waals surface area contributed by atoms with E-state index in [9.17, 15) is 4.79 Å². The second kappa shape index (κ2) is 6.74. The van der Waals surface area contributed by atoms with Crippen LogP contribution >= 0.6 is 23.5 Å². The van der Waals surface area contributed by atoms with Crippen LogP contribution in [0.3, 0.4) is 0 Å². The molecule has 110 valence electrons. The van der Waals surface area contributed by atoms with Gasteiger partial charge in [0.15, 0.2) is 0 Å². The van der Waals surface area contributed by atoms with E-state index in [-0.39, 0.29) is 4.08 Å². The highest BCUT2D eigenvalue weighted by Crippen LogP contribution is 2.55. The minimum absolute atomic E-state index is 0.0701. The molecule has 0 aliphatic carbocycles. The number of hydrogen-bond donors (Lipinski definition) is 2. The normalized spacial score (nSPS) is 18.7. The fraction of sp³-hybridized carbons (Fsp3) is 0.500. The van der Waals surface area contributed by atoms with E-state index in [0.29, 0.717) is 6.42 Å². The Labute approximate surface area is 127 Å². The van der Waals surface area contributed by atoms with Gasteiger partial charge in [0.25, 0.3) is 0 Å². The van der Waals surface area contributed by atoms with Crippen LogP contribution in [0, 0.1) is 0 Å². The molecule has 4 nitrogen and oxygen atoms in total. The maximum Gasteiger partial charge on any atom is 0.320 e. The lowest BCUT2D eigenvalue weighted by atomic mass is 10.0. The lowest BCUT2D eigenvalue weighted by Gasteiger charge is -2.28. The van der Waals surface area contributed by atoms with Crippen molar-refractivity contribution >= 4 is 29.5 Å². The summed E-state index contributed by atoms with van der Waals surface area (Å²) in [5, 5.41) is 8.92. The summed E-state index contributed by atoms with van der Waals surface area (Å²) >= 11 is 3.77. The Bertz CT molecular complexity index is 458. The second-order valence-electron chi connectivity index (χ2n) is 4.66. The van der Waals surface area contributed by atoms with Crippen LogP contribution < -0.4 is 10.5 Å². The Morgan fingerprint density at radius 2 is 2.00 bits per heavy atom. The van der Waals surface area contributed by atoms with Gasteiger partial charge in [0.05, 0.1) is 11.2 Å². The van der Waals surface area contributed by atoms with Crippen LogP contribution in [-0.4, -0.2) is 35.7 Å². The van der Waals surface area contributed by atoms with Gasteiger partial charge in [-0.15, -0.1) is 23.5 Å². The van der Waals surface area contributed by atoms with E-state index in [1.54, 1.807) is 7.11 Å². The van der Waals surface area contributed by atoms with Gasteiger partial charge in [-0.05, 0) is 30.5 Å². The van der Waals surface area contributed by atoms with Crippen molar-refractivity contribution in [3.63, 3.8) is 0 Å². The van der Waals surface area contributed by atoms with Crippen LogP contribution in [0.1, 0.15) is 18.4 Å². The monoisotopic (exact) mass is 313 g/mol. The molecule has 1 atom stereocenters. The Morgan fingerprint density at radius 3 is 2.50 bits per heavy atom. The molecule has 0 saturated carbocycles. The predicted octanol–water partition coefficient (Wildman–Crippen LogP) is 2.52. The highest BCUT2D eigenvalue weighted by Gasteiger charge is 2.37. The van der Waals surface area contributed by atoms with E-state index in [1.165, 1.54) is 5.56 Å². The van der Waals surface area contributed by atoms with E-state index in [1.807, 2.05) is 35.7 Å². The van der Waals surface area contributed by atoms with Gasteiger partial charge in [-0.3, -0.25) is 4.79 Å². The molecule has 3 N–H and O–H groups in total. The van der Waals surface area contributed by atoms with Crippen LogP contribution in [0.5, 0.6) is 5.75 Å². The van der Waals surface area contributed by atoms with Crippen molar-refractivity contribution in [2.75, 3.05) is 18.6 Å². The fourth-order valence-corrected chi connectivity index (χ4v) is 5.51. The topological polar surface area (TPSA) is 72.5 Å². The van der Waals surface area contributed by atoms with Crippen molar-refractivity contribution in [3.8, 4) is 5.75 Å². The van der Waals surface area contributed by atoms with Gasteiger partial charge in [0.2, 0.25) is 0 Å². The average Bonchev–Trinajstić information content (AvgIpc) is 2.95. The highest BCUT2D eigenvalue weighted by molar-refractivity contribution is 8.20. The van der Waals surface area contributed by atoms with Crippen molar-refractivity contribution in [2.24, 2.45) is 5.73 Å². The van der Waals surface area contributed by atoms with Gasteiger partial charge < -0.3 is 15.6 Å². The highest BCUT2D eigenvalue weighted by atomic mass is 32.2. The Balaban J connectivity index is 2.14. The van der Waals surface area contributed by atoms with Crippen molar-refractivity contribution < 1.29 is 14.6 Å². The number of thioether (sulfide) groups is 2. The number of rotatable bonds is 6. The largest absolute Gasteiger partial charge is 0.497 e. The molecular formula is C14H19NO3S2. The Hall–Kier alpha value is -0.850. The van der Waals surface area contributed by atoms with E-state index >= 15 is 0 Å². The van der Waals surface area contributed by atoms with Gasteiger partial charge in [-0.2, -0.15) is 0 Å². The number of methoxy groups -OCH3 is 1. The summed E-state index contributed by atoms with van der Waals surface area (Å²) in [5.74, 6) is 2.07. The Kier molecular flexibility index (Phi) is 5.23. The molecule has 1 aliphatic heterocycles. The first-order valence-corrected chi connectivity index (χ1v) is 8.45. The van der Waals surface area contributed by atoms with E-state index in [4.69, 9.17) is 15.6 Å². The molecular weight excluding hydrogens is 294 g/mol. The third-order valence-corrected chi connectivity index (χ3v) is 6.98. The first-order chi connectivity index (χ1) is 9.57. The molecule has 0 amide bonds. The smallest absolute Gasteiger partial charge is 0.320 e. The minimum Gasteiger partial charge on any atom is -0.497 e. The van der Waals surface area contributed by atoms with Gasteiger partial charge in [-0.25, -0.2) is 0 Å². The first kappa shape index (κ1) is 15.5. The molecule has 1 aliphatic rings. The minimum atomic E-state index is -0.928. The molecule has 0 unspecified atom stereocenters. The Morgan fingerprint density at radius 1 is 1.40 bits per heavy atom. The first-order valence-electron chi connectivity index (χ1n) is 6.48. The fourth-order valence-electron chi connectivity index (χ4n) is 2.22. The molecule has 1 heterocycles. The number of carbonyl (C=O) groups is 1. The SMILES string of the molecule is COc1ccc(C2(CC[C@H](N)C(=O)O)SCCS2)cc1. The average molecular weight is 313 g/mol. The number of nitrogens with two attached hydrogens (primary N) is 1. The van der Waals surface area contributed by atoms with Crippen molar-refractivity contribution in [1.29, 1.82) is 0 Å². The summed E-state index contributed by atoms with van der Waals surface area (Å²) in [5.41, 5.74) is 6.85. The predicted molar refractivity (Wildman–Crippen MR) is 84.4 cm³/mol. The molecule has 20 heavy (non-hydrogen) atoms. The summed E-state index contributed by atoms with van der Waals surface area (Å²) in [4.78, 5) is 10.9. The van der Waals surface area contributed by atoms with Crippen molar-refractivity contribution in [1.82, 2.24) is 0 Å². The summed E-state index contributed by atoms with van der Waals surface area (Å²) in [6, 6.07) is 7.25. The number of ether oxygens (including phenoxy) is 1. The number of carboxylic acids is 1. The third-order valence-electron chi connectivity index (χ3n) is 3.39. The summed E-state index contributed by atoms with van der Waals surface area (Å²) < 4.78 is 5.11. The van der Waals surface area contributed by atoms with Crippen LogP contribution in [-0.2, 0) is 8.87 Å². The molecule has 0 aromatic heterocycles. The van der Waals surface area contributed by atoms with E-state index in [2.05, 4.69) is 12.1 Å². The molecule has 0 spiro atoms. The maximum atomic E-state index is 10.9. The van der Waals surface area contributed by atoms with Gasteiger partial charge in [0, 0.05) is 11.5 Å². The zero-order chi connectivity index (χ0) is 14.6. The molecule has 2 rings (SSSR count). The lowest BCUT2D eigenvalue weighted by Crippen LogP contribution is -2.32. The van der Waals surface area contributed by atoms with Crippen molar-refractivity contribution in [3.05, 3.63) is 29.8 Å². The number of carboxylic acid groups (broad SMARTS) is 1. The molecule has 1 saturated heterocycles. The maximum absolute atomic E-state index is 10.9. The zero-order valence-corrected chi connectivity index (χ0v) is 13.0. The molecule has 1 aromatic carbocycles. The van der Waals surface area contributed by atoms with Crippen LogP contribution in [0.15, 0.2) is 24.3 Å². The van der Waals surface area contributed by atoms with E-state index in [0.717, 1.165) is 23.7 Å². The molecule has 0 bridgehead atoms. The quantitative estimate of drug-likeness (QED) is 0.841. The number of aliphatic carboxylic acids is 1. The summed E-state index contributed by atoms with van der Waals surface area (Å²) in [6.07, 6.45) is 1.25. The molecule has 1 aromatic rings. The zero-order valence-electron chi connectivity index (χ0n) is 11.4. The summed E-state index contributed by atoms with van der Waals surface area (Å²) in [6.45, 7) is 0. The molecule has 0 radical (unpaired) electrons. The van der Waals surface area contributed by atoms with Gasteiger partial charge >= 0.3 is 5.97 Å². The number of hydrogen-bond acceptors (Lipinski definition) is 5. The molecule has 1 fully saturated rings. The van der Waals surface area contributed by atoms with Crippen LogP contribution in [0.2, 0.25) is 0 Å².